The van der Waals surface area contributed by atoms with E-state index in [0.717, 1.165) is 37.8 Å². The van der Waals surface area contributed by atoms with Gasteiger partial charge in [-0.2, -0.15) is 13.2 Å². The van der Waals surface area contributed by atoms with Gasteiger partial charge in [-0.05, 0) is 55.2 Å². The van der Waals surface area contributed by atoms with Crippen LogP contribution in [0.25, 0.3) is 0 Å². The molecule has 1 aliphatic heterocycles. The molecule has 0 unspecified atom stereocenters. The number of carbonyl (C=O) groups is 2. The highest BCUT2D eigenvalue weighted by molar-refractivity contribution is 6.30. The largest absolute Gasteiger partial charge is 0.493 e. The third kappa shape index (κ3) is 7.15. The summed E-state index contributed by atoms with van der Waals surface area (Å²) in [4.78, 5) is 39.5. The van der Waals surface area contributed by atoms with Crippen LogP contribution in [0.2, 0.25) is 5.02 Å². The minimum atomic E-state index is -5.33. The Balaban J connectivity index is 1.45. The molecule has 1 fully saturated rings. The van der Waals surface area contributed by atoms with Gasteiger partial charge in [-0.1, -0.05) is 23.7 Å². The number of piperidine rings is 1. The zero-order valence-electron chi connectivity index (χ0n) is 20.6. The summed E-state index contributed by atoms with van der Waals surface area (Å²) in [5, 5.41) is 12.9. The van der Waals surface area contributed by atoms with Crippen LogP contribution in [0.4, 0.5) is 30.4 Å². The third-order valence-corrected chi connectivity index (χ3v) is 6.41. The van der Waals surface area contributed by atoms with Gasteiger partial charge >= 0.3 is 12.1 Å². The lowest BCUT2D eigenvalue weighted by Gasteiger charge is -2.34. The standard InChI is InChI=1S/C26H25ClF3N5O4/c27-18-5-6-23(33-15-18)35(39-25(38)26(28,29)30)24(37)21-3-1-2-4-22(21)32-14-17-8-11-34(12-9-17)20-7-10-31-19(13-20)16-36/h1-7,10,13,15,17,32,36H,8-9,11-12,14,16H2. The van der Waals surface area contributed by atoms with Gasteiger partial charge in [0.2, 0.25) is 0 Å². The average molecular weight is 564 g/mol. The Hall–Kier alpha value is -3.90. The number of hydroxylamine groups is 1. The van der Waals surface area contributed by atoms with Crippen molar-refractivity contribution in [1.82, 2.24) is 9.97 Å². The first kappa shape index (κ1) is 28.1. The van der Waals surface area contributed by atoms with Gasteiger partial charge in [-0.15, -0.1) is 5.06 Å². The number of aromatic nitrogens is 2. The van der Waals surface area contributed by atoms with E-state index in [1.165, 1.54) is 18.2 Å². The lowest BCUT2D eigenvalue weighted by atomic mass is 9.96. The van der Waals surface area contributed by atoms with Crippen molar-refractivity contribution in [3.05, 3.63) is 77.2 Å². The van der Waals surface area contributed by atoms with Gasteiger partial charge < -0.3 is 20.2 Å². The zero-order valence-corrected chi connectivity index (χ0v) is 21.3. The molecule has 3 heterocycles. The number of carbonyl (C=O) groups excluding carboxylic acids is 2. The van der Waals surface area contributed by atoms with Crippen molar-refractivity contribution >= 4 is 40.7 Å². The summed E-state index contributed by atoms with van der Waals surface area (Å²) in [6.07, 6.45) is -0.843. The Morgan fingerprint density at radius 1 is 1.13 bits per heavy atom. The van der Waals surface area contributed by atoms with Crippen molar-refractivity contribution in [3.63, 3.8) is 0 Å². The fraction of sp³-hybridized carbons (Fsp3) is 0.308. The molecular formula is C26H25ClF3N5O4. The Morgan fingerprint density at radius 2 is 1.87 bits per heavy atom. The first-order valence-corrected chi connectivity index (χ1v) is 12.4. The van der Waals surface area contributed by atoms with E-state index in [4.69, 9.17) is 11.6 Å². The second-order valence-corrected chi connectivity index (χ2v) is 9.27. The lowest BCUT2D eigenvalue weighted by molar-refractivity contribution is -0.200. The number of para-hydroxylation sites is 1. The van der Waals surface area contributed by atoms with Crippen LogP contribution in [0.3, 0.4) is 0 Å². The number of hydrogen-bond donors (Lipinski definition) is 2. The first-order valence-electron chi connectivity index (χ1n) is 12.0. The van der Waals surface area contributed by atoms with Crippen LogP contribution in [0.1, 0.15) is 28.9 Å². The topological polar surface area (TPSA) is 108 Å². The average Bonchev–Trinajstić information content (AvgIpc) is 2.95. The fourth-order valence-electron chi connectivity index (χ4n) is 4.15. The molecule has 1 aromatic carbocycles. The number of amides is 1. The number of aliphatic hydroxyl groups excluding tert-OH is 1. The highest BCUT2D eigenvalue weighted by atomic mass is 35.5. The maximum atomic E-state index is 13.4. The van der Waals surface area contributed by atoms with Crippen molar-refractivity contribution in [2.24, 2.45) is 5.92 Å². The third-order valence-electron chi connectivity index (χ3n) is 6.19. The Kier molecular flexibility index (Phi) is 8.87. The molecule has 4 rings (SSSR count). The van der Waals surface area contributed by atoms with Crippen LogP contribution < -0.4 is 15.3 Å². The summed E-state index contributed by atoms with van der Waals surface area (Å²) in [5.41, 5.74) is 1.95. The molecule has 0 atom stereocenters. The van der Waals surface area contributed by atoms with Crippen molar-refractivity contribution in [3.8, 4) is 0 Å². The van der Waals surface area contributed by atoms with E-state index >= 15 is 0 Å². The van der Waals surface area contributed by atoms with Crippen LogP contribution >= 0.6 is 11.6 Å². The molecule has 0 radical (unpaired) electrons. The molecule has 0 spiro atoms. The van der Waals surface area contributed by atoms with Gasteiger partial charge in [0.05, 0.1) is 22.9 Å². The zero-order chi connectivity index (χ0) is 28.0. The molecule has 206 valence electrons. The van der Waals surface area contributed by atoms with E-state index in [1.807, 2.05) is 12.1 Å². The lowest BCUT2D eigenvalue weighted by Crippen LogP contribution is -2.39. The molecule has 3 aromatic rings. The fourth-order valence-corrected chi connectivity index (χ4v) is 4.26. The van der Waals surface area contributed by atoms with Crippen molar-refractivity contribution < 1.29 is 32.7 Å². The predicted octanol–water partition coefficient (Wildman–Crippen LogP) is 4.62. The molecule has 9 nitrogen and oxygen atoms in total. The highest BCUT2D eigenvalue weighted by Gasteiger charge is 2.44. The van der Waals surface area contributed by atoms with Crippen LogP contribution in [0.5, 0.6) is 0 Å². The number of rotatable bonds is 7. The number of alkyl halides is 3. The van der Waals surface area contributed by atoms with Crippen molar-refractivity contribution in [2.45, 2.75) is 25.6 Å². The maximum absolute atomic E-state index is 13.4. The van der Waals surface area contributed by atoms with Gasteiger partial charge in [0.25, 0.3) is 5.91 Å². The summed E-state index contributed by atoms with van der Waals surface area (Å²) in [6, 6.07) is 12.5. The number of benzene rings is 1. The Labute approximate surface area is 227 Å². The summed E-state index contributed by atoms with van der Waals surface area (Å²) in [6.45, 7) is 1.95. The van der Waals surface area contributed by atoms with Crippen LogP contribution in [0, 0.1) is 5.92 Å². The summed E-state index contributed by atoms with van der Waals surface area (Å²) >= 11 is 5.81. The van der Waals surface area contributed by atoms with Gasteiger partial charge in [0.1, 0.15) is 0 Å². The van der Waals surface area contributed by atoms with Gasteiger partial charge in [-0.3, -0.25) is 9.78 Å². The summed E-state index contributed by atoms with van der Waals surface area (Å²) in [7, 11) is 0. The molecule has 0 aliphatic carbocycles. The quantitative estimate of drug-likeness (QED) is 0.401. The number of anilines is 3. The molecule has 13 heteroatoms. The number of aliphatic hydroxyl groups is 1. The molecule has 39 heavy (non-hydrogen) atoms. The number of hydrogen-bond acceptors (Lipinski definition) is 8. The Bertz CT molecular complexity index is 1300. The summed E-state index contributed by atoms with van der Waals surface area (Å²) < 4.78 is 38.9. The van der Waals surface area contributed by atoms with Crippen LogP contribution in [-0.2, 0) is 16.2 Å². The van der Waals surface area contributed by atoms with Crippen LogP contribution in [-0.4, -0.2) is 52.8 Å². The van der Waals surface area contributed by atoms with Gasteiger partial charge in [0, 0.05) is 43.4 Å². The SMILES string of the molecule is O=C(c1ccccc1NCC1CCN(c2ccnc(CO)c2)CC1)N(OC(=O)C(F)(F)F)c1ccc(Cl)cn1. The minimum absolute atomic E-state index is 0.00465. The molecule has 2 N–H and O–H groups in total. The second-order valence-electron chi connectivity index (χ2n) is 8.83. The van der Waals surface area contributed by atoms with E-state index in [9.17, 15) is 27.9 Å². The van der Waals surface area contributed by atoms with Gasteiger partial charge in [0.15, 0.2) is 5.82 Å². The molecule has 2 aromatic heterocycles. The minimum Gasteiger partial charge on any atom is -0.390 e. The number of pyridine rings is 2. The summed E-state index contributed by atoms with van der Waals surface area (Å²) in [5.74, 6) is -3.66. The molecule has 1 saturated heterocycles. The normalized spacial score (nSPS) is 14.1. The van der Waals surface area contributed by atoms with E-state index in [0.29, 0.717) is 17.9 Å². The molecule has 1 aliphatic rings. The highest BCUT2D eigenvalue weighted by Crippen LogP contribution is 2.27. The number of nitrogens with zero attached hydrogens (tertiary/aromatic N) is 4. The first-order chi connectivity index (χ1) is 18.7. The van der Waals surface area contributed by atoms with Crippen molar-refractivity contribution in [1.29, 1.82) is 0 Å². The van der Waals surface area contributed by atoms with E-state index in [-0.39, 0.29) is 34.0 Å². The molecule has 0 saturated carbocycles. The number of halogens is 4. The van der Waals surface area contributed by atoms with E-state index < -0.39 is 18.1 Å². The maximum Gasteiger partial charge on any atom is 0.493 e. The second kappa shape index (κ2) is 12.3. The van der Waals surface area contributed by atoms with Crippen LogP contribution in [0.15, 0.2) is 60.9 Å². The molecular weight excluding hydrogens is 539 g/mol. The Morgan fingerprint density at radius 3 is 2.54 bits per heavy atom. The van der Waals surface area contributed by atoms with Crippen molar-refractivity contribution in [2.75, 3.05) is 34.9 Å². The predicted molar refractivity (Wildman–Crippen MR) is 138 cm³/mol. The smallest absolute Gasteiger partial charge is 0.390 e. The molecule has 1 amide bonds. The monoisotopic (exact) mass is 563 g/mol. The van der Waals surface area contributed by atoms with E-state index in [2.05, 4.69) is 25.0 Å². The number of nitrogens with one attached hydrogen (secondary N) is 1. The van der Waals surface area contributed by atoms with Gasteiger partial charge in [-0.25, -0.2) is 9.78 Å². The van der Waals surface area contributed by atoms with E-state index in [1.54, 1.807) is 24.4 Å². The molecule has 0 bridgehead atoms.